The molecule has 1 saturated heterocycles. The van der Waals surface area contributed by atoms with Crippen molar-refractivity contribution in [1.82, 2.24) is 5.32 Å². The lowest BCUT2D eigenvalue weighted by Crippen LogP contribution is -2.38. The Morgan fingerprint density at radius 3 is 2.56 bits per heavy atom. The highest BCUT2D eigenvalue weighted by molar-refractivity contribution is 5.77. The van der Waals surface area contributed by atoms with Gasteiger partial charge in [-0.2, -0.15) is 0 Å². The van der Waals surface area contributed by atoms with E-state index in [9.17, 15) is 0 Å². The van der Waals surface area contributed by atoms with E-state index in [0.717, 1.165) is 32.1 Å². The first-order valence-electron chi connectivity index (χ1n) is 7.03. The van der Waals surface area contributed by atoms with Crippen LogP contribution in [0.15, 0.2) is 18.2 Å². The van der Waals surface area contributed by atoms with Crippen LogP contribution in [0.1, 0.15) is 24.3 Å². The summed E-state index contributed by atoms with van der Waals surface area (Å²) < 4.78 is 0. The number of rotatable bonds is 1. The number of benzene rings is 1. The Morgan fingerprint density at radius 1 is 1.06 bits per heavy atom. The Kier molecular flexibility index (Phi) is 3.16. The fourth-order valence-corrected chi connectivity index (χ4v) is 3.27. The van der Waals surface area contributed by atoms with Crippen molar-refractivity contribution in [2.75, 3.05) is 50.1 Å². The zero-order chi connectivity index (χ0) is 12.5. The van der Waals surface area contributed by atoms with E-state index in [1.807, 2.05) is 0 Å². The molecule has 0 radical (unpaired) electrons. The zero-order valence-electron chi connectivity index (χ0n) is 11.4. The summed E-state index contributed by atoms with van der Waals surface area (Å²) in [7, 11) is 4.44. The molecule has 3 rings (SSSR count). The van der Waals surface area contributed by atoms with Gasteiger partial charge < -0.3 is 15.1 Å². The molecule has 1 aromatic carbocycles. The molecule has 0 bridgehead atoms. The van der Waals surface area contributed by atoms with Gasteiger partial charge in [-0.1, -0.05) is 12.1 Å². The van der Waals surface area contributed by atoms with E-state index in [4.69, 9.17) is 0 Å². The molecule has 0 unspecified atom stereocenters. The van der Waals surface area contributed by atoms with Crippen molar-refractivity contribution in [1.29, 1.82) is 0 Å². The van der Waals surface area contributed by atoms with Crippen molar-refractivity contribution in [2.24, 2.45) is 0 Å². The largest absolute Gasteiger partial charge is 0.371 e. The second-order valence-electron chi connectivity index (χ2n) is 5.58. The van der Waals surface area contributed by atoms with Crippen LogP contribution in [0.3, 0.4) is 0 Å². The van der Waals surface area contributed by atoms with Crippen LogP contribution in [0.4, 0.5) is 11.4 Å². The van der Waals surface area contributed by atoms with Gasteiger partial charge in [-0.15, -0.1) is 0 Å². The van der Waals surface area contributed by atoms with Gasteiger partial charge in [0.15, 0.2) is 0 Å². The molecule has 1 aromatic rings. The molecule has 0 aliphatic carbocycles. The summed E-state index contributed by atoms with van der Waals surface area (Å²) in [6.07, 6.45) is 2.54. The first kappa shape index (κ1) is 11.8. The lowest BCUT2D eigenvalue weighted by molar-refractivity contribution is 0.460. The maximum absolute atomic E-state index is 3.46. The lowest BCUT2D eigenvalue weighted by Gasteiger charge is -2.38. The third kappa shape index (κ3) is 1.97. The summed E-state index contributed by atoms with van der Waals surface area (Å²) in [5.41, 5.74) is 4.43. The average molecular weight is 245 g/mol. The van der Waals surface area contributed by atoms with Crippen molar-refractivity contribution in [2.45, 2.75) is 18.8 Å². The summed E-state index contributed by atoms with van der Waals surface area (Å²) in [6.45, 7) is 4.58. The molecule has 2 aliphatic rings. The maximum atomic E-state index is 3.46. The summed E-state index contributed by atoms with van der Waals surface area (Å²) >= 11 is 0. The smallest absolute Gasteiger partial charge is 0.0637 e. The molecule has 1 fully saturated rings. The summed E-state index contributed by atoms with van der Waals surface area (Å²) in [5, 5.41) is 3.46. The summed E-state index contributed by atoms with van der Waals surface area (Å²) in [4.78, 5) is 4.83. The first-order chi connectivity index (χ1) is 8.77. The molecule has 0 atom stereocenters. The number of anilines is 2. The van der Waals surface area contributed by atoms with Crippen LogP contribution in [-0.2, 0) is 0 Å². The van der Waals surface area contributed by atoms with Gasteiger partial charge in [0.2, 0.25) is 0 Å². The molecule has 2 aliphatic heterocycles. The second kappa shape index (κ2) is 4.81. The lowest BCUT2D eigenvalue weighted by atomic mass is 9.87. The SMILES string of the molecule is CN1CCN(C)c2c(C3CCNCC3)cccc21. The number of para-hydroxylation sites is 1. The van der Waals surface area contributed by atoms with E-state index in [1.165, 1.54) is 24.2 Å². The number of nitrogens with zero attached hydrogens (tertiary/aromatic N) is 2. The Balaban J connectivity index is 2.01. The highest BCUT2D eigenvalue weighted by Gasteiger charge is 2.25. The van der Waals surface area contributed by atoms with E-state index < -0.39 is 0 Å². The minimum absolute atomic E-state index is 0.732. The number of hydrogen-bond donors (Lipinski definition) is 1. The molecule has 0 saturated carbocycles. The van der Waals surface area contributed by atoms with E-state index in [-0.39, 0.29) is 0 Å². The molecule has 3 nitrogen and oxygen atoms in total. The molecule has 2 heterocycles. The van der Waals surface area contributed by atoms with Crippen LogP contribution in [-0.4, -0.2) is 40.3 Å². The Hall–Kier alpha value is -1.22. The highest BCUT2D eigenvalue weighted by atomic mass is 15.2. The predicted molar refractivity (Wildman–Crippen MR) is 77.8 cm³/mol. The maximum Gasteiger partial charge on any atom is 0.0637 e. The summed E-state index contributed by atoms with van der Waals surface area (Å²) in [5.74, 6) is 0.732. The standard InChI is InChI=1S/C15H23N3/c1-17-10-11-18(2)15-13(4-3-5-14(15)17)12-6-8-16-9-7-12/h3-5,12,16H,6-11H2,1-2H3. The second-order valence-corrected chi connectivity index (χ2v) is 5.58. The number of hydrogen-bond acceptors (Lipinski definition) is 3. The van der Waals surface area contributed by atoms with Crippen LogP contribution in [0.25, 0.3) is 0 Å². The zero-order valence-corrected chi connectivity index (χ0v) is 11.4. The number of fused-ring (bicyclic) bond motifs is 1. The Labute approximate surface area is 110 Å². The van der Waals surface area contributed by atoms with Crippen molar-refractivity contribution >= 4 is 11.4 Å². The van der Waals surface area contributed by atoms with E-state index >= 15 is 0 Å². The predicted octanol–water partition coefficient (Wildman–Crippen LogP) is 2.04. The molecule has 0 aromatic heterocycles. The van der Waals surface area contributed by atoms with Crippen molar-refractivity contribution in [3.8, 4) is 0 Å². The van der Waals surface area contributed by atoms with Gasteiger partial charge in [0, 0.05) is 27.2 Å². The fourth-order valence-electron chi connectivity index (χ4n) is 3.27. The summed E-state index contributed by atoms with van der Waals surface area (Å²) in [6, 6.07) is 6.83. The van der Waals surface area contributed by atoms with Crippen LogP contribution >= 0.6 is 0 Å². The van der Waals surface area contributed by atoms with Crippen LogP contribution in [0.2, 0.25) is 0 Å². The third-order valence-electron chi connectivity index (χ3n) is 4.39. The van der Waals surface area contributed by atoms with Gasteiger partial charge in [0.1, 0.15) is 0 Å². The number of piperidine rings is 1. The van der Waals surface area contributed by atoms with Crippen molar-refractivity contribution in [3.63, 3.8) is 0 Å². The molecular formula is C15H23N3. The van der Waals surface area contributed by atoms with Gasteiger partial charge in [-0.3, -0.25) is 0 Å². The van der Waals surface area contributed by atoms with Crippen molar-refractivity contribution < 1.29 is 0 Å². The highest BCUT2D eigenvalue weighted by Crippen LogP contribution is 2.40. The molecule has 0 spiro atoms. The van der Waals surface area contributed by atoms with E-state index in [1.54, 1.807) is 5.56 Å². The Bertz CT molecular complexity index is 424. The van der Waals surface area contributed by atoms with Gasteiger partial charge in [0.05, 0.1) is 11.4 Å². The monoisotopic (exact) mass is 245 g/mol. The fraction of sp³-hybridized carbons (Fsp3) is 0.600. The van der Waals surface area contributed by atoms with Gasteiger partial charge in [0.25, 0.3) is 0 Å². The molecule has 18 heavy (non-hydrogen) atoms. The van der Waals surface area contributed by atoms with E-state index in [2.05, 4.69) is 47.4 Å². The molecule has 98 valence electrons. The molecular weight excluding hydrogens is 222 g/mol. The van der Waals surface area contributed by atoms with Gasteiger partial charge in [-0.05, 0) is 43.5 Å². The normalized spacial score (nSPS) is 21.0. The first-order valence-corrected chi connectivity index (χ1v) is 7.03. The molecule has 1 N–H and O–H groups in total. The Morgan fingerprint density at radius 2 is 1.78 bits per heavy atom. The minimum Gasteiger partial charge on any atom is -0.371 e. The minimum atomic E-state index is 0.732. The van der Waals surface area contributed by atoms with Crippen molar-refractivity contribution in [3.05, 3.63) is 23.8 Å². The number of nitrogens with one attached hydrogen (secondary N) is 1. The van der Waals surface area contributed by atoms with E-state index in [0.29, 0.717) is 0 Å². The third-order valence-corrected chi connectivity index (χ3v) is 4.39. The van der Waals surface area contributed by atoms with Crippen LogP contribution in [0.5, 0.6) is 0 Å². The topological polar surface area (TPSA) is 18.5 Å². The quantitative estimate of drug-likeness (QED) is 0.817. The average Bonchev–Trinajstić information content (AvgIpc) is 2.43. The van der Waals surface area contributed by atoms with Gasteiger partial charge >= 0.3 is 0 Å². The number of likely N-dealkylation sites (N-methyl/N-ethyl adjacent to an activating group) is 2. The van der Waals surface area contributed by atoms with Gasteiger partial charge in [-0.25, -0.2) is 0 Å². The van der Waals surface area contributed by atoms with Crippen LogP contribution < -0.4 is 15.1 Å². The molecule has 0 amide bonds. The van der Waals surface area contributed by atoms with Crippen LogP contribution in [0, 0.1) is 0 Å². The molecule has 3 heteroatoms.